The third-order valence-corrected chi connectivity index (χ3v) is 8.21. The van der Waals surface area contributed by atoms with Crippen LogP contribution in [0, 0.1) is 28.1 Å². The first-order valence-corrected chi connectivity index (χ1v) is 9.23. The van der Waals surface area contributed by atoms with Crippen LogP contribution in [0.1, 0.15) is 72.1 Å². The molecule has 0 aliphatic heterocycles. The molecule has 0 aromatic rings. The van der Waals surface area contributed by atoms with Crippen LogP contribution in [0.25, 0.3) is 0 Å². The number of aliphatic hydroxyl groups excluding tert-OH is 2. The first-order chi connectivity index (χ1) is 10.3. The van der Waals surface area contributed by atoms with Crippen molar-refractivity contribution in [2.75, 3.05) is 6.61 Å². The van der Waals surface area contributed by atoms with Crippen LogP contribution >= 0.6 is 0 Å². The van der Waals surface area contributed by atoms with Gasteiger partial charge >= 0.3 is 0 Å². The number of aliphatic hydroxyl groups is 2. The second-order valence-corrected chi connectivity index (χ2v) is 9.26. The van der Waals surface area contributed by atoms with Crippen molar-refractivity contribution < 1.29 is 10.2 Å². The third kappa shape index (κ3) is 2.21. The van der Waals surface area contributed by atoms with Crippen LogP contribution in [-0.4, -0.2) is 22.9 Å². The molecule has 2 N–H and O–H groups in total. The molecule has 0 saturated heterocycles. The summed E-state index contributed by atoms with van der Waals surface area (Å²) in [6.07, 6.45) is 9.14. The van der Waals surface area contributed by atoms with Crippen molar-refractivity contribution in [3.05, 3.63) is 12.2 Å². The number of hydrogen-bond acceptors (Lipinski definition) is 2. The lowest BCUT2D eigenvalue weighted by molar-refractivity contribution is -0.134. The molecular weight excluding hydrogens is 272 g/mol. The summed E-state index contributed by atoms with van der Waals surface area (Å²) in [5.74, 6) is 1.45. The van der Waals surface area contributed by atoms with Crippen LogP contribution in [0.4, 0.5) is 0 Å². The van der Waals surface area contributed by atoms with Crippen molar-refractivity contribution in [2.45, 2.75) is 78.2 Å². The maximum absolute atomic E-state index is 10.3. The lowest BCUT2D eigenvalue weighted by atomic mass is 9.42. The van der Waals surface area contributed by atoms with Gasteiger partial charge in [0.2, 0.25) is 0 Å². The van der Waals surface area contributed by atoms with E-state index < -0.39 is 6.10 Å². The lowest BCUT2D eigenvalue weighted by Gasteiger charge is -2.63. The normalized spacial score (nSPS) is 50.1. The molecule has 3 aliphatic rings. The van der Waals surface area contributed by atoms with Gasteiger partial charge in [-0.25, -0.2) is 0 Å². The molecule has 2 nitrogen and oxygen atoms in total. The Labute approximate surface area is 136 Å². The molecule has 0 spiro atoms. The average molecular weight is 306 g/mol. The largest absolute Gasteiger partial charge is 0.394 e. The highest BCUT2D eigenvalue weighted by molar-refractivity contribution is 5.20. The summed E-state index contributed by atoms with van der Waals surface area (Å²) < 4.78 is 0. The zero-order valence-electron chi connectivity index (χ0n) is 14.7. The molecule has 0 aromatic carbocycles. The zero-order valence-corrected chi connectivity index (χ0v) is 14.7. The Morgan fingerprint density at radius 2 is 1.91 bits per heavy atom. The summed E-state index contributed by atoms with van der Waals surface area (Å²) in [5, 5.41) is 19.7. The maximum atomic E-state index is 10.3. The molecule has 0 radical (unpaired) electrons. The van der Waals surface area contributed by atoms with Crippen molar-refractivity contribution in [1.82, 2.24) is 0 Å². The van der Waals surface area contributed by atoms with E-state index in [1.807, 2.05) is 0 Å². The fourth-order valence-corrected chi connectivity index (χ4v) is 6.32. The van der Waals surface area contributed by atoms with Crippen LogP contribution < -0.4 is 0 Å². The van der Waals surface area contributed by atoms with E-state index in [4.69, 9.17) is 0 Å². The van der Waals surface area contributed by atoms with Crippen LogP contribution in [-0.2, 0) is 0 Å². The Bertz CT molecular complexity index is 459. The number of hydrogen-bond donors (Lipinski definition) is 2. The summed E-state index contributed by atoms with van der Waals surface area (Å²) in [4.78, 5) is 0. The van der Waals surface area contributed by atoms with Gasteiger partial charge in [0, 0.05) is 0 Å². The molecule has 0 bridgehead atoms. The summed E-state index contributed by atoms with van der Waals surface area (Å²) >= 11 is 0. The molecule has 3 saturated carbocycles. The van der Waals surface area contributed by atoms with Crippen LogP contribution in [0.3, 0.4) is 0 Å². The molecule has 22 heavy (non-hydrogen) atoms. The molecule has 0 aromatic heterocycles. The standard InChI is InChI=1S/C20H34O2/c1-14-6-5-7-16-19(14,3)9-8-15-12-18(2,17(22)13-21)10-11-20(15,16)4/h15-17,21-22H,1,5-13H2,2-4H3/t15-,16-,17-,18-,19+,20-/m0/s1. The van der Waals surface area contributed by atoms with Gasteiger partial charge in [0.05, 0.1) is 12.7 Å². The molecule has 3 aliphatic carbocycles. The summed E-state index contributed by atoms with van der Waals surface area (Å²) in [6, 6.07) is 0. The molecule has 0 heterocycles. The van der Waals surface area contributed by atoms with Gasteiger partial charge in [-0.2, -0.15) is 0 Å². The number of rotatable bonds is 2. The third-order valence-electron chi connectivity index (χ3n) is 8.21. The van der Waals surface area contributed by atoms with E-state index >= 15 is 0 Å². The van der Waals surface area contributed by atoms with Gasteiger partial charge in [0.25, 0.3) is 0 Å². The van der Waals surface area contributed by atoms with E-state index in [9.17, 15) is 10.2 Å². The van der Waals surface area contributed by atoms with E-state index in [-0.39, 0.29) is 12.0 Å². The highest BCUT2D eigenvalue weighted by Crippen LogP contribution is 2.67. The second-order valence-electron chi connectivity index (χ2n) is 9.26. The quantitative estimate of drug-likeness (QED) is 0.746. The van der Waals surface area contributed by atoms with E-state index in [2.05, 4.69) is 27.4 Å². The van der Waals surface area contributed by atoms with E-state index in [1.54, 1.807) is 0 Å². The highest BCUT2D eigenvalue weighted by atomic mass is 16.3. The van der Waals surface area contributed by atoms with Crippen molar-refractivity contribution in [2.24, 2.45) is 28.1 Å². The summed E-state index contributed by atoms with van der Waals surface area (Å²) in [6.45, 7) is 11.5. The number of allylic oxidation sites excluding steroid dienone is 1. The lowest BCUT2D eigenvalue weighted by Crippen LogP contribution is -2.55. The molecule has 126 valence electrons. The minimum atomic E-state index is -0.563. The predicted octanol–water partition coefficient (Wildman–Crippen LogP) is 4.31. The zero-order chi connectivity index (χ0) is 16.2. The smallest absolute Gasteiger partial charge is 0.0824 e. The maximum Gasteiger partial charge on any atom is 0.0824 e. The Morgan fingerprint density at radius 1 is 1.18 bits per heavy atom. The van der Waals surface area contributed by atoms with Gasteiger partial charge in [-0.1, -0.05) is 32.9 Å². The van der Waals surface area contributed by atoms with Gasteiger partial charge in [0.15, 0.2) is 0 Å². The molecule has 2 heteroatoms. The summed E-state index contributed by atoms with van der Waals surface area (Å²) in [7, 11) is 0. The SMILES string of the molecule is C=C1CCC[C@@H]2[C@@]3(C)CC[C@](C)([C@@H](O)CO)C[C@@H]3CC[C@]12C. The fraction of sp³-hybridized carbons (Fsp3) is 0.900. The fourth-order valence-electron chi connectivity index (χ4n) is 6.32. The van der Waals surface area contributed by atoms with Crippen LogP contribution in [0.5, 0.6) is 0 Å². The first kappa shape index (κ1) is 16.5. The van der Waals surface area contributed by atoms with Gasteiger partial charge in [-0.3, -0.25) is 0 Å². The minimum Gasteiger partial charge on any atom is -0.394 e. The molecule has 3 rings (SSSR count). The van der Waals surface area contributed by atoms with Gasteiger partial charge in [-0.15, -0.1) is 0 Å². The Morgan fingerprint density at radius 3 is 2.59 bits per heavy atom. The topological polar surface area (TPSA) is 40.5 Å². The minimum absolute atomic E-state index is 0.0989. The Hall–Kier alpha value is -0.340. The van der Waals surface area contributed by atoms with Crippen LogP contribution in [0.2, 0.25) is 0 Å². The van der Waals surface area contributed by atoms with Crippen LogP contribution in [0.15, 0.2) is 12.2 Å². The van der Waals surface area contributed by atoms with Gasteiger partial charge in [-0.05, 0) is 79.4 Å². The monoisotopic (exact) mass is 306 g/mol. The van der Waals surface area contributed by atoms with E-state index in [0.29, 0.717) is 16.7 Å². The summed E-state index contributed by atoms with van der Waals surface area (Å²) in [5.41, 5.74) is 2.13. The Balaban J connectivity index is 1.87. The van der Waals surface area contributed by atoms with Crippen molar-refractivity contribution in [1.29, 1.82) is 0 Å². The Kier molecular flexibility index (Phi) is 4.01. The number of fused-ring (bicyclic) bond motifs is 3. The highest BCUT2D eigenvalue weighted by Gasteiger charge is 2.58. The van der Waals surface area contributed by atoms with Crippen molar-refractivity contribution in [3.8, 4) is 0 Å². The molecular formula is C20H34O2. The molecule has 0 unspecified atom stereocenters. The van der Waals surface area contributed by atoms with Crippen molar-refractivity contribution >= 4 is 0 Å². The first-order valence-electron chi connectivity index (χ1n) is 9.23. The van der Waals surface area contributed by atoms with Gasteiger partial charge < -0.3 is 10.2 Å². The molecule has 3 fully saturated rings. The molecule has 0 amide bonds. The van der Waals surface area contributed by atoms with Gasteiger partial charge in [0.1, 0.15) is 0 Å². The second kappa shape index (κ2) is 5.34. The van der Waals surface area contributed by atoms with E-state index in [0.717, 1.165) is 18.8 Å². The molecule has 6 atom stereocenters. The predicted molar refractivity (Wildman–Crippen MR) is 90.5 cm³/mol. The van der Waals surface area contributed by atoms with E-state index in [1.165, 1.54) is 44.1 Å². The van der Waals surface area contributed by atoms with Crippen molar-refractivity contribution in [3.63, 3.8) is 0 Å². The average Bonchev–Trinajstić information content (AvgIpc) is 2.49.